The molecular formula is C17H26N2OS. The van der Waals surface area contributed by atoms with Gasteiger partial charge >= 0.3 is 0 Å². The van der Waals surface area contributed by atoms with Gasteiger partial charge in [-0.3, -0.25) is 4.90 Å². The number of nitrogens with zero attached hydrogens (tertiary/aromatic N) is 2. The van der Waals surface area contributed by atoms with Crippen LogP contribution >= 0.6 is 12.6 Å². The summed E-state index contributed by atoms with van der Waals surface area (Å²) in [5.74, 6) is 0.954. The van der Waals surface area contributed by atoms with Gasteiger partial charge in [-0.2, -0.15) is 12.6 Å². The van der Waals surface area contributed by atoms with E-state index in [1.807, 2.05) is 24.3 Å². The Balaban J connectivity index is 1.78. The van der Waals surface area contributed by atoms with Gasteiger partial charge in [-0.1, -0.05) is 24.3 Å². The van der Waals surface area contributed by atoms with E-state index in [0.717, 1.165) is 44.9 Å². The highest BCUT2D eigenvalue weighted by Crippen LogP contribution is 2.19. The van der Waals surface area contributed by atoms with E-state index in [4.69, 9.17) is 4.74 Å². The lowest BCUT2D eigenvalue weighted by Crippen LogP contribution is -2.47. The van der Waals surface area contributed by atoms with Gasteiger partial charge in [0.1, 0.15) is 12.4 Å². The number of para-hydroxylation sites is 1. The molecule has 2 rings (SSSR count). The van der Waals surface area contributed by atoms with Crippen molar-refractivity contribution < 1.29 is 4.74 Å². The van der Waals surface area contributed by atoms with Crippen molar-refractivity contribution in [1.82, 2.24) is 9.80 Å². The second kappa shape index (κ2) is 8.47. The van der Waals surface area contributed by atoms with Crippen molar-refractivity contribution in [1.29, 1.82) is 0 Å². The molecule has 1 fully saturated rings. The number of benzene rings is 1. The Kier molecular flexibility index (Phi) is 6.61. The van der Waals surface area contributed by atoms with Crippen LogP contribution in [0.2, 0.25) is 0 Å². The molecule has 0 N–H and O–H groups in total. The molecule has 0 radical (unpaired) electrons. The summed E-state index contributed by atoms with van der Waals surface area (Å²) in [4.78, 5) is 4.84. The Morgan fingerprint density at radius 1 is 1.29 bits per heavy atom. The number of hydrogen-bond acceptors (Lipinski definition) is 4. The fraction of sp³-hybridized carbons (Fsp3) is 0.529. The molecule has 0 aromatic heterocycles. The van der Waals surface area contributed by atoms with Crippen molar-refractivity contribution in [2.24, 2.45) is 0 Å². The van der Waals surface area contributed by atoms with Crippen molar-refractivity contribution in [3.63, 3.8) is 0 Å². The summed E-state index contributed by atoms with van der Waals surface area (Å²) in [5.41, 5.74) is 1.19. The summed E-state index contributed by atoms with van der Waals surface area (Å²) in [6, 6.07) is 8.16. The maximum absolute atomic E-state index is 5.95. The van der Waals surface area contributed by atoms with Gasteiger partial charge in [0.2, 0.25) is 0 Å². The fourth-order valence-corrected chi connectivity index (χ4v) is 2.84. The van der Waals surface area contributed by atoms with Crippen LogP contribution in [0.1, 0.15) is 5.56 Å². The molecule has 1 atom stereocenters. The number of hydrogen-bond donors (Lipinski definition) is 1. The molecule has 1 aromatic carbocycles. The van der Waals surface area contributed by atoms with Crippen LogP contribution in [-0.4, -0.2) is 61.4 Å². The number of piperazine rings is 1. The third-order valence-electron chi connectivity index (χ3n) is 3.83. The zero-order chi connectivity index (χ0) is 15.1. The molecule has 0 saturated carbocycles. The Labute approximate surface area is 134 Å². The Hall–Kier alpha value is -0.970. The lowest BCUT2D eigenvalue weighted by molar-refractivity contribution is 0.148. The van der Waals surface area contributed by atoms with Gasteiger partial charge in [-0.25, -0.2) is 0 Å². The van der Waals surface area contributed by atoms with E-state index >= 15 is 0 Å². The van der Waals surface area contributed by atoms with Gasteiger partial charge in [-0.15, -0.1) is 6.58 Å². The minimum Gasteiger partial charge on any atom is -0.492 e. The highest BCUT2D eigenvalue weighted by molar-refractivity contribution is 7.81. The molecule has 4 heteroatoms. The predicted octanol–water partition coefficient (Wildman–Crippen LogP) is 2.34. The SMILES string of the molecule is C=CCc1ccccc1OC[C@@H](S)CN1CCN(C)CC1. The summed E-state index contributed by atoms with van der Waals surface area (Å²) in [7, 11) is 2.18. The minimum absolute atomic E-state index is 0.241. The topological polar surface area (TPSA) is 15.7 Å². The van der Waals surface area contributed by atoms with Crippen LogP contribution in [0.25, 0.3) is 0 Å². The monoisotopic (exact) mass is 306 g/mol. The predicted molar refractivity (Wildman–Crippen MR) is 92.5 cm³/mol. The number of thiol groups is 1. The van der Waals surface area contributed by atoms with E-state index in [-0.39, 0.29) is 5.25 Å². The maximum Gasteiger partial charge on any atom is 0.122 e. The molecule has 1 heterocycles. The third-order valence-corrected chi connectivity index (χ3v) is 4.15. The maximum atomic E-state index is 5.95. The summed E-state index contributed by atoms with van der Waals surface area (Å²) in [5, 5.41) is 0.241. The Morgan fingerprint density at radius 3 is 2.71 bits per heavy atom. The van der Waals surface area contributed by atoms with Gasteiger partial charge in [-0.05, 0) is 25.1 Å². The molecule has 21 heavy (non-hydrogen) atoms. The zero-order valence-corrected chi connectivity index (χ0v) is 13.8. The third kappa shape index (κ3) is 5.38. The smallest absolute Gasteiger partial charge is 0.122 e. The molecule has 0 amide bonds. The average molecular weight is 306 g/mol. The summed E-state index contributed by atoms with van der Waals surface area (Å²) < 4.78 is 5.95. The standard InChI is InChI=1S/C17H26N2OS/c1-3-6-15-7-4-5-8-17(15)20-14-16(21)13-19-11-9-18(2)10-12-19/h3-5,7-8,16,21H,1,6,9-14H2,2H3/t16-/m0/s1. The highest BCUT2D eigenvalue weighted by atomic mass is 32.1. The van der Waals surface area contributed by atoms with E-state index in [2.05, 4.69) is 42.1 Å². The lowest BCUT2D eigenvalue weighted by atomic mass is 10.1. The van der Waals surface area contributed by atoms with Gasteiger partial charge in [0.05, 0.1) is 0 Å². The molecule has 0 spiro atoms. The number of allylic oxidation sites excluding steroid dienone is 1. The van der Waals surface area contributed by atoms with E-state index in [1.54, 1.807) is 0 Å². The molecule has 1 aromatic rings. The first-order valence-corrected chi connectivity index (χ1v) is 8.11. The van der Waals surface area contributed by atoms with E-state index in [9.17, 15) is 0 Å². The second-order valence-corrected chi connectivity index (χ2v) is 6.40. The van der Waals surface area contributed by atoms with Crippen LogP contribution in [0.5, 0.6) is 5.75 Å². The zero-order valence-electron chi connectivity index (χ0n) is 12.9. The summed E-state index contributed by atoms with van der Waals surface area (Å²) in [6.07, 6.45) is 2.75. The first-order chi connectivity index (χ1) is 10.2. The largest absolute Gasteiger partial charge is 0.492 e. The quantitative estimate of drug-likeness (QED) is 0.615. The van der Waals surface area contributed by atoms with Crippen LogP contribution in [-0.2, 0) is 6.42 Å². The Bertz CT molecular complexity index is 444. The number of rotatable bonds is 7. The highest BCUT2D eigenvalue weighted by Gasteiger charge is 2.17. The molecule has 1 aliphatic heterocycles. The average Bonchev–Trinajstić information content (AvgIpc) is 2.49. The molecule has 1 saturated heterocycles. The van der Waals surface area contributed by atoms with Gasteiger partial charge in [0.25, 0.3) is 0 Å². The lowest BCUT2D eigenvalue weighted by Gasteiger charge is -2.33. The molecule has 0 bridgehead atoms. The minimum atomic E-state index is 0.241. The molecule has 0 aliphatic carbocycles. The van der Waals surface area contributed by atoms with Gasteiger partial charge < -0.3 is 9.64 Å². The van der Waals surface area contributed by atoms with Crippen molar-refractivity contribution >= 4 is 12.6 Å². The van der Waals surface area contributed by atoms with Crippen LogP contribution in [0, 0.1) is 0 Å². The molecule has 116 valence electrons. The normalized spacial score (nSPS) is 18.4. The first-order valence-electron chi connectivity index (χ1n) is 7.59. The molecule has 1 aliphatic rings. The van der Waals surface area contributed by atoms with Gasteiger partial charge in [0, 0.05) is 38.0 Å². The van der Waals surface area contributed by atoms with Crippen LogP contribution < -0.4 is 4.74 Å². The second-order valence-electron chi connectivity index (χ2n) is 5.67. The van der Waals surface area contributed by atoms with Crippen molar-refractivity contribution in [3.8, 4) is 5.75 Å². The Morgan fingerprint density at radius 2 is 2.00 bits per heavy atom. The fourth-order valence-electron chi connectivity index (χ4n) is 2.54. The molecular weight excluding hydrogens is 280 g/mol. The van der Waals surface area contributed by atoms with Crippen LogP contribution in [0.15, 0.2) is 36.9 Å². The first kappa shape index (κ1) is 16.4. The van der Waals surface area contributed by atoms with Crippen LogP contribution in [0.3, 0.4) is 0 Å². The number of likely N-dealkylation sites (N-methyl/N-ethyl adjacent to an activating group) is 1. The molecule has 0 unspecified atom stereocenters. The van der Waals surface area contributed by atoms with Crippen LogP contribution in [0.4, 0.5) is 0 Å². The van der Waals surface area contributed by atoms with Gasteiger partial charge in [0.15, 0.2) is 0 Å². The van der Waals surface area contributed by atoms with E-state index in [1.165, 1.54) is 5.56 Å². The van der Waals surface area contributed by atoms with Crippen molar-refractivity contribution in [2.75, 3.05) is 46.4 Å². The van der Waals surface area contributed by atoms with Crippen molar-refractivity contribution in [3.05, 3.63) is 42.5 Å². The molecule has 3 nitrogen and oxygen atoms in total. The van der Waals surface area contributed by atoms with E-state index in [0.29, 0.717) is 6.61 Å². The number of ether oxygens (including phenoxy) is 1. The van der Waals surface area contributed by atoms with E-state index < -0.39 is 0 Å². The van der Waals surface area contributed by atoms with Crippen molar-refractivity contribution in [2.45, 2.75) is 11.7 Å². The summed E-state index contributed by atoms with van der Waals surface area (Å²) in [6.45, 7) is 9.96. The summed E-state index contributed by atoms with van der Waals surface area (Å²) >= 11 is 4.68.